The van der Waals surface area contributed by atoms with Crippen LogP contribution in [0.1, 0.15) is 64.2 Å². The molecular weight excluding hydrogens is 250 g/mol. The molecule has 3 unspecified atom stereocenters. The first-order chi connectivity index (χ1) is 9.84. The van der Waals surface area contributed by atoms with E-state index in [1.807, 2.05) is 0 Å². The predicted molar refractivity (Wildman–Crippen MR) is 79.8 cm³/mol. The fourth-order valence-electron chi connectivity index (χ4n) is 4.39. The van der Waals surface area contributed by atoms with E-state index in [1.165, 1.54) is 58.0 Å². The summed E-state index contributed by atoms with van der Waals surface area (Å²) in [6.07, 6.45) is 12.5. The van der Waals surface area contributed by atoms with Crippen LogP contribution in [0.5, 0.6) is 0 Å². The van der Waals surface area contributed by atoms with Crippen LogP contribution in [0, 0.1) is 5.92 Å². The summed E-state index contributed by atoms with van der Waals surface area (Å²) in [7, 11) is 0. The van der Waals surface area contributed by atoms with Gasteiger partial charge in [-0.1, -0.05) is 6.42 Å². The molecule has 0 spiro atoms. The van der Waals surface area contributed by atoms with Gasteiger partial charge in [0.2, 0.25) is 0 Å². The van der Waals surface area contributed by atoms with Gasteiger partial charge in [0, 0.05) is 25.0 Å². The third-order valence-electron chi connectivity index (χ3n) is 5.48. The standard InChI is InChI=1S/C17H29NO2/c19-17-10-3-8-15(17)16-9-1-2-11-18(16)12-4-6-14-7-5-13-20-14/h14-16H,1-13H2. The highest BCUT2D eigenvalue weighted by molar-refractivity contribution is 5.83. The van der Waals surface area contributed by atoms with Gasteiger partial charge < -0.3 is 4.74 Å². The molecule has 1 saturated carbocycles. The molecule has 3 atom stereocenters. The fourth-order valence-corrected chi connectivity index (χ4v) is 4.39. The summed E-state index contributed by atoms with van der Waals surface area (Å²) < 4.78 is 5.71. The third kappa shape index (κ3) is 3.43. The van der Waals surface area contributed by atoms with Gasteiger partial charge in [0.15, 0.2) is 0 Å². The van der Waals surface area contributed by atoms with Crippen molar-refractivity contribution in [1.29, 1.82) is 0 Å². The lowest BCUT2D eigenvalue weighted by atomic mass is 9.88. The zero-order valence-corrected chi connectivity index (χ0v) is 12.7. The van der Waals surface area contributed by atoms with Crippen molar-refractivity contribution in [3.8, 4) is 0 Å². The Bertz CT molecular complexity index is 325. The highest BCUT2D eigenvalue weighted by Gasteiger charge is 2.36. The van der Waals surface area contributed by atoms with Crippen molar-refractivity contribution in [3.63, 3.8) is 0 Å². The molecule has 0 radical (unpaired) electrons. The second-order valence-electron chi connectivity index (χ2n) is 6.84. The van der Waals surface area contributed by atoms with E-state index >= 15 is 0 Å². The number of carbonyl (C=O) groups excluding carboxylic acids is 1. The first kappa shape index (κ1) is 14.5. The lowest BCUT2D eigenvalue weighted by Gasteiger charge is -2.39. The van der Waals surface area contributed by atoms with Gasteiger partial charge in [0.25, 0.3) is 0 Å². The Morgan fingerprint density at radius 3 is 2.80 bits per heavy atom. The number of nitrogens with zero attached hydrogens (tertiary/aromatic N) is 1. The van der Waals surface area contributed by atoms with Gasteiger partial charge in [-0.05, 0) is 64.5 Å². The molecule has 2 heterocycles. The van der Waals surface area contributed by atoms with E-state index in [-0.39, 0.29) is 0 Å². The van der Waals surface area contributed by atoms with E-state index in [2.05, 4.69) is 4.90 Å². The van der Waals surface area contributed by atoms with Gasteiger partial charge >= 0.3 is 0 Å². The van der Waals surface area contributed by atoms with Crippen molar-refractivity contribution in [2.24, 2.45) is 5.92 Å². The van der Waals surface area contributed by atoms with Crippen LogP contribution >= 0.6 is 0 Å². The van der Waals surface area contributed by atoms with Crippen LogP contribution in [0.4, 0.5) is 0 Å². The van der Waals surface area contributed by atoms with Gasteiger partial charge in [-0.15, -0.1) is 0 Å². The lowest BCUT2D eigenvalue weighted by Crippen LogP contribution is -2.45. The predicted octanol–water partition coefficient (Wildman–Crippen LogP) is 3.17. The van der Waals surface area contributed by atoms with Gasteiger partial charge in [-0.2, -0.15) is 0 Å². The van der Waals surface area contributed by atoms with Crippen LogP contribution in [0.2, 0.25) is 0 Å². The molecule has 0 aromatic heterocycles. The number of hydrogen-bond donors (Lipinski definition) is 0. The molecule has 3 heteroatoms. The third-order valence-corrected chi connectivity index (χ3v) is 5.48. The number of Topliss-reactive ketones (excluding diaryl/α,β-unsaturated/α-hetero) is 1. The molecular formula is C17H29NO2. The van der Waals surface area contributed by atoms with Gasteiger partial charge in [0.1, 0.15) is 5.78 Å². The summed E-state index contributed by atoms with van der Waals surface area (Å²) in [4.78, 5) is 14.7. The van der Waals surface area contributed by atoms with Crippen LogP contribution in [0.25, 0.3) is 0 Å². The largest absolute Gasteiger partial charge is 0.378 e. The Hall–Kier alpha value is -0.410. The summed E-state index contributed by atoms with van der Waals surface area (Å²) in [5.74, 6) is 0.902. The molecule has 1 aliphatic carbocycles. The monoisotopic (exact) mass is 279 g/mol. The zero-order valence-electron chi connectivity index (χ0n) is 12.7. The maximum absolute atomic E-state index is 12.1. The van der Waals surface area contributed by atoms with Crippen LogP contribution in [0.15, 0.2) is 0 Å². The molecule has 2 saturated heterocycles. The van der Waals surface area contributed by atoms with Crippen molar-refractivity contribution >= 4 is 5.78 Å². The summed E-state index contributed by atoms with van der Waals surface area (Å²) in [6.45, 7) is 3.35. The molecule has 3 fully saturated rings. The highest BCUT2D eigenvalue weighted by atomic mass is 16.5. The summed E-state index contributed by atoms with van der Waals surface area (Å²) in [5, 5.41) is 0. The summed E-state index contributed by atoms with van der Waals surface area (Å²) in [6, 6.07) is 0.559. The average Bonchev–Trinajstić information content (AvgIpc) is 3.11. The van der Waals surface area contributed by atoms with Crippen molar-refractivity contribution in [2.75, 3.05) is 19.7 Å². The van der Waals surface area contributed by atoms with Crippen LogP contribution in [0.3, 0.4) is 0 Å². The number of ketones is 1. The minimum atomic E-state index is 0.359. The number of likely N-dealkylation sites (tertiary alicyclic amines) is 1. The quantitative estimate of drug-likeness (QED) is 0.774. The number of carbonyl (C=O) groups is 1. The fraction of sp³-hybridized carbons (Fsp3) is 0.941. The molecule has 3 aliphatic rings. The Labute approximate surface area is 123 Å². The molecule has 114 valence electrons. The highest BCUT2D eigenvalue weighted by Crippen LogP contribution is 2.32. The molecule has 3 rings (SSSR count). The van der Waals surface area contributed by atoms with Crippen LogP contribution < -0.4 is 0 Å². The normalized spacial score (nSPS) is 35.8. The first-order valence-electron chi connectivity index (χ1n) is 8.73. The Kier molecular flexibility index (Phi) is 5.11. The maximum Gasteiger partial charge on any atom is 0.137 e. The Balaban J connectivity index is 1.48. The summed E-state index contributed by atoms with van der Waals surface area (Å²) in [5.41, 5.74) is 0. The Morgan fingerprint density at radius 2 is 2.05 bits per heavy atom. The maximum atomic E-state index is 12.1. The smallest absolute Gasteiger partial charge is 0.137 e. The number of rotatable bonds is 5. The molecule has 3 nitrogen and oxygen atoms in total. The number of hydrogen-bond acceptors (Lipinski definition) is 3. The molecule has 0 aromatic rings. The van der Waals surface area contributed by atoms with E-state index in [4.69, 9.17) is 4.74 Å². The zero-order chi connectivity index (χ0) is 13.8. The molecule has 0 amide bonds. The molecule has 0 aromatic carbocycles. The van der Waals surface area contributed by atoms with Gasteiger partial charge in [0.05, 0.1) is 6.10 Å². The minimum Gasteiger partial charge on any atom is -0.378 e. The van der Waals surface area contributed by atoms with E-state index in [0.717, 1.165) is 25.9 Å². The first-order valence-corrected chi connectivity index (χ1v) is 8.73. The molecule has 0 N–H and O–H groups in total. The summed E-state index contributed by atoms with van der Waals surface area (Å²) >= 11 is 0. The minimum absolute atomic E-state index is 0.359. The molecule has 2 aliphatic heterocycles. The van der Waals surface area contributed by atoms with Crippen molar-refractivity contribution in [3.05, 3.63) is 0 Å². The SMILES string of the molecule is O=C1CCCC1C1CCCCN1CCCC1CCCO1. The molecule has 20 heavy (non-hydrogen) atoms. The van der Waals surface area contributed by atoms with E-state index in [9.17, 15) is 4.79 Å². The van der Waals surface area contributed by atoms with Gasteiger partial charge in [-0.3, -0.25) is 9.69 Å². The second-order valence-corrected chi connectivity index (χ2v) is 6.84. The average molecular weight is 279 g/mol. The number of piperidine rings is 1. The van der Waals surface area contributed by atoms with Gasteiger partial charge in [-0.25, -0.2) is 0 Å². The van der Waals surface area contributed by atoms with Crippen molar-refractivity contribution in [2.45, 2.75) is 76.4 Å². The van der Waals surface area contributed by atoms with E-state index in [0.29, 0.717) is 23.8 Å². The Morgan fingerprint density at radius 1 is 1.10 bits per heavy atom. The topological polar surface area (TPSA) is 29.5 Å². The van der Waals surface area contributed by atoms with E-state index < -0.39 is 0 Å². The van der Waals surface area contributed by atoms with E-state index in [1.54, 1.807) is 0 Å². The number of ether oxygens (including phenoxy) is 1. The van der Waals surface area contributed by atoms with Crippen molar-refractivity contribution < 1.29 is 9.53 Å². The lowest BCUT2D eigenvalue weighted by molar-refractivity contribution is -0.123. The molecule has 0 bridgehead atoms. The second kappa shape index (κ2) is 7.04. The van der Waals surface area contributed by atoms with Crippen molar-refractivity contribution in [1.82, 2.24) is 4.90 Å². The van der Waals surface area contributed by atoms with Crippen LogP contribution in [-0.2, 0) is 9.53 Å². The van der Waals surface area contributed by atoms with Crippen LogP contribution in [-0.4, -0.2) is 42.5 Å².